The van der Waals surface area contributed by atoms with Gasteiger partial charge in [-0.3, -0.25) is 19.8 Å². The van der Waals surface area contributed by atoms with Crippen LogP contribution in [-0.2, 0) is 14.8 Å². The van der Waals surface area contributed by atoms with E-state index in [0.29, 0.717) is 60.3 Å². The number of carbonyl (C=O) groups excluding carboxylic acids is 1. The number of morpholine rings is 1. The lowest BCUT2D eigenvalue weighted by molar-refractivity contribution is -0.384. The van der Waals surface area contributed by atoms with E-state index in [-0.39, 0.29) is 58.5 Å². The molecule has 1 spiro atoms. The molecule has 2 aliphatic carbocycles. The lowest BCUT2D eigenvalue weighted by Crippen LogP contribution is -2.58. The van der Waals surface area contributed by atoms with Gasteiger partial charge in [0.05, 0.1) is 57.5 Å². The smallest absolute Gasteiger partial charge is 0.297 e. The molecule has 0 unspecified atom stereocenters. The number of aliphatic hydroxyl groups is 1. The van der Waals surface area contributed by atoms with Gasteiger partial charge < -0.3 is 34.5 Å². The van der Waals surface area contributed by atoms with E-state index < -0.39 is 37.0 Å². The number of carbonyl (C=O) groups is 1. The number of amides is 1. The van der Waals surface area contributed by atoms with Crippen molar-refractivity contribution in [1.82, 2.24) is 19.6 Å². The van der Waals surface area contributed by atoms with Crippen LogP contribution in [0, 0.1) is 21.4 Å². The molecule has 2 saturated heterocycles. The molecule has 360 valence electrons. The molecule has 16 nitrogen and oxygen atoms in total. The zero-order chi connectivity index (χ0) is 47.5. The van der Waals surface area contributed by atoms with Crippen LogP contribution in [0.15, 0.2) is 78.0 Å². The van der Waals surface area contributed by atoms with Gasteiger partial charge >= 0.3 is 0 Å². The fourth-order valence-corrected chi connectivity index (χ4v) is 12.5. The molecule has 4 N–H and O–H groups in total. The van der Waals surface area contributed by atoms with Gasteiger partial charge in [-0.05, 0) is 105 Å². The number of piperidine rings is 1. The topological polar surface area (TPSA) is 201 Å². The molecule has 1 amide bonds. The molecule has 18 heteroatoms. The van der Waals surface area contributed by atoms with Gasteiger partial charge in [0.2, 0.25) is 0 Å². The fourth-order valence-electron chi connectivity index (χ4n) is 11.3. The summed E-state index contributed by atoms with van der Waals surface area (Å²) in [7, 11) is -4.69. The van der Waals surface area contributed by atoms with Crippen molar-refractivity contribution in [3.05, 3.63) is 105 Å². The third kappa shape index (κ3) is 9.10. The Hall–Kier alpha value is -5.46. The minimum absolute atomic E-state index is 0.01000. The maximum atomic E-state index is 14.2. The second-order valence-corrected chi connectivity index (χ2v) is 22.1. The Morgan fingerprint density at radius 3 is 2.56 bits per heavy atom. The Labute approximate surface area is 400 Å². The van der Waals surface area contributed by atoms with Crippen LogP contribution in [0.5, 0.6) is 17.2 Å². The first-order chi connectivity index (χ1) is 32.6. The number of ether oxygens (including phenoxy) is 3. The number of nitrogens with zero attached hydrogens (tertiary/aromatic N) is 4. The molecule has 5 aromatic rings. The molecule has 0 bridgehead atoms. The minimum Gasteiger partial charge on any atom is -0.489 e. The van der Waals surface area contributed by atoms with Crippen LogP contribution in [0.1, 0.15) is 106 Å². The van der Waals surface area contributed by atoms with E-state index in [9.17, 15) is 28.4 Å². The zero-order valence-electron chi connectivity index (χ0n) is 38.5. The Balaban J connectivity index is 0.864. The predicted molar refractivity (Wildman–Crippen MR) is 259 cm³/mol. The highest BCUT2D eigenvalue weighted by Gasteiger charge is 2.50. The third-order valence-corrected chi connectivity index (χ3v) is 16.9. The van der Waals surface area contributed by atoms with Gasteiger partial charge in [-0.1, -0.05) is 49.7 Å². The van der Waals surface area contributed by atoms with Gasteiger partial charge in [-0.25, -0.2) is 18.1 Å². The van der Waals surface area contributed by atoms with Gasteiger partial charge in [0.15, 0.2) is 11.4 Å². The Morgan fingerprint density at radius 1 is 1.04 bits per heavy atom. The highest BCUT2D eigenvalue weighted by Crippen LogP contribution is 2.53. The summed E-state index contributed by atoms with van der Waals surface area (Å²) in [5.74, 6) is -0.121. The Kier molecular flexibility index (Phi) is 12.3. The van der Waals surface area contributed by atoms with Crippen molar-refractivity contribution in [1.29, 1.82) is 0 Å². The summed E-state index contributed by atoms with van der Waals surface area (Å²) in [4.78, 5) is 37.8. The first kappa shape index (κ1) is 46.3. The number of sulfonamides is 1. The van der Waals surface area contributed by atoms with Gasteiger partial charge in [0, 0.05) is 61.1 Å². The lowest BCUT2D eigenvalue weighted by Gasteiger charge is -2.57. The van der Waals surface area contributed by atoms with E-state index in [4.69, 9.17) is 25.8 Å². The van der Waals surface area contributed by atoms with Crippen molar-refractivity contribution in [2.24, 2.45) is 11.3 Å². The third-order valence-electron chi connectivity index (χ3n) is 15.2. The summed E-state index contributed by atoms with van der Waals surface area (Å²) in [5, 5.41) is 27.1. The molecule has 3 aliphatic heterocycles. The SMILES string of the molecule is CC(C)c1ccccc1[C@H]1COCCN1C1CC2(CCN(c3ccc(C(=O)NS(=O)(=O)c4cc5c(c([N+](=O)[O-])c4)N[C@@H](C4CCC(C)(O)CC4)CO5)c(Oc4cnc5[nH]cc(Cl)c5c4)c3)CC2)C1. The van der Waals surface area contributed by atoms with E-state index in [1.807, 2.05) is 0 Å². The van der Waals surface area contributed by atoms with Crippen molar-refractivity contribution in [3.8, 4) is 17.2 Å². The summed E-state index contributed by atoms with van der Waals surface area (Å²) < 4.78 is 48.5. The zero-order valence-corrected chi connectivity index (χ0v) is 40.1. The van der Waals surface area contributed by atoms with E-state index in [1.165, 1.54) is 29.5 Å². The number of hydrogen-bond donors (Lipinski definition) is 4. The van der Waals surface area contributed by atoms with Gasteiger partial charge in [-0.2, -0.15) is 0 Å². The molecule has 5 aliphatic rings. The Bertz CT molecular complexity index is 2850. The largest absolute Gasteiger partial charge is 0.489 e. The minimum atomic E-state index is -4.69. The number of halogens is 1. The first-order valence-electron chi connectivity index (χ1n) is 23.7. The molecule has 68 heavy (non-hydrogen) atoms. The summed E-state index contributed by atoms with van der Waals surface area (Å²) in [6.45, 7) is 10.4. The quantitative estimate of drug-likeness (QED) is 0.0722. The van der Waals surface area contributed by atoms with Crippen molar-refractivity contribution >= 4 is 55.6 Å². The number of aromatic amines is 1. The van der Waals surface area contributed by atoms with Crippen LogP contribution >= 0.6 is 11.6 Å². The van der Waals surface area contributed by atoms with Crippen molar-refractivity contribution in [2.75, 3.05) is 49.7 Å². The maximum absolute atomic E-state index is 14.2. The number of rotatable bonds is 11. The molecule has 5 heterocycles. The van der Waals surface area contributed by atoms with E-state index in [1.54, 1.807) is 31.3 Å². The average molecular weight is 969 g/mol. The first-order valence-corrected chi connectivity index (χ1v) is 25.5. The fraction of sp³-hybridized carbons (Fsp3) is 0.480. The number of aromatic nitrogens is 2. The van der Waals surface area contributed by atoms with Crippen LogP contribution in [0.2, 0.25) is 5.02 Å². The van der Waals surface area contributed by atoms with E-state index >= 15 is 0 Å². The molecule has 2 aromatic heterocycles. The maximum Gasteiger partial charge on any atom is 0.297 e. The van der Waals surface area contributed by atoms with Crippen molar-refractivity contribution in [2.45, 2.75) is 107 Å². The number of benzene rings is 3. The highest BCUT2D eigenvalue weighted by atomic mass is 35.5. The summed E-state index contributed by atoms with van der Waals surface area (Å²) in [5.41, 5.74) is 3.08. The summed E-state index contributed by atoms with van der Waals surface area (Å²) in [6.07, 6.45) is 9.95. The Morgan fingerprint density at radius 2 is 1.81 bits per heavy atom. The van der Waals surface area contributed by atoms with Crippen molar-refractivity contribution < 1.29 is 37.5 Å². The molecule has 3 aromatic carbocycles. The molecular formula is C50H58ClN7O9S. The number of nitrogens with one attached hydrogen (secondary N) is 3. The van der Waals surface area contributed by atoms with E-state index in [0.717, 1.165) is 63.7 Å². The molecule has 0 radical (unpaired) electrons. The van der Waals surface area contributed by atoms with Crippen LogP contribution in [0.25, 0.3) is 11.0 Å². The molecule has 10 rings (SSSR count). The number of pyridine rings is 1. The highest BCUT2D eigenvalue weighted by molar-refractivity contribution is 7.90. The average Bonchev–Trinajstić information content (AvgIpc) is 3.69. The molecule has 2 saturated carbocycles. The van der Waals surface area contributed by atoms with Gasteiger partial charge in [-0.15, -0.1) is 0 Å². The normalized spacial score (nSPS) is 24.2. The summed E-state index contributed by atoms with van der Waals surface area (Å²) in [6, 6.07) is 18.1. The monoisotopic (exact) mass is 967 g/mol. The molecule has 2 atom stereocenters. The van der Waals surface area contributed by atoms with Gasteiger partial charge in [0.25, 0.3) is 21.6 Å². The number of nitro benzene ring substituents is 1. The number of anilines is 2. The second-order valence-electron chi connectivity index (χ2n) is 20.1. The van der Waals surface area contributed by atoms with Crippen LogP contribution < -0.4 is 24.4 Å². The second kappa shape index (κ2) is 18.1. The number of H-pyrrole nitrogens is 1. The van der Waals surface area contributed by atoms with E-state index in [2.05, 4.69) is 67.9 Å². The molecular weight excluding hydrogens is 910 g/mol. The lowest BCUT2D eigenvalue weighted by atomic mass is 9.59. The standard InChI is InChI=1S/C50H58ClN7O9S/c1-30(2)36-6-4-5-7-37(36)43-29-65-19-18-57(43)33-24-50(25-33)14-16-56(17-15-50)32-8-9-38(44(20-32)67-34-21-39-40(51)27-53-47(39)52-26-34)48(59)55-68(63,64)35-22-42(58(61)62)46-45(23-35)66-28-41(54-46)31-10-12-49(3,60)13-11-31/h4-9,20-23,26-27,30-31,33,41,43,54,60H,10-19,24-25,28-29H2,1-3H3,(H,52,53)(H,55,59)/t31?,41-,43-,49?/m1/s1. The predicted octanol–water partition coefficient (Wildman–Crippen LogP) is 9.10. The van der Waals surface area contributed by atoms with Gasteiger partial charge in [0.1, 0.15) is 23.8 Å². The molecule has 4 fully saturated rings. The van der Waals surface area contributed by atoms with Crippen LogP contribution in [0.4, 0.5) is 17.1 Å². The van der Waals surface area contributed by atoms with Crippen LogP contribution in [-0.4, -0.2) is 96.4 Å². The number of nitro groups is 1. The van der Waals surface area contributed by atoms with Crippen LogP contribution in [0.3, 0.4) is 0 Å². The number of fused-ring (bicyclic) bond motifs is 2. The number of hydrogen-bond acceptors (Lipinski definition) is 13. The van der Waals surface area contributed by atoms with Crippen molar-refractivity contribution in [3.63, 3.8) is 0 Å². The summed E-state index contributed by atoms with van der Waals surface area (Å²) >= 11 is 6.42.